The first-order valence-corrected chi connectivity index (χ1v) is 21.0. The van der Waals surface area contributed by atoms with E-state index in [1.807, 2.05) is 0 Å². The molecule has 0 bridgehead atoms. The maximum Gasteiger partial charge on any atom is 0.0465 e. The molecule has 0 unspecified atom stereocenters. The highest BCUT2D eigenvalue weighted by atomic mass is 15.1. The van der Waals surface area contributed by atoms with Crippen LogP contribution in [-0.4, -0.2) is 0 Å². The number of fused-ring (bicyclic) bond motifs is 10. The summed E-state index contributed by atoms with van der Waals surface area (Å²) in [6.07, 6.45) is 2.10. The lowest BCUT2D eigenvalue weighted by molar-refractivity contribution is 0.564. The third-order valence-corrected chi connectivity index (χ3v) is 13.9. The van der Waals surface area contributed by atoms with E-state index in [0.29, 0.717) is 0 Å². The average molecular weight is 754 g/mol. The molecule has 1 spiro atoms. The van der Waals surface area contributed by atoms with Gasteiger partial charge in [-0.1, -0.05) is 166 Å². The Morgan fingerprint density at radius 3 is 1.51 bits per heavy atom. The highest BCUT2D eigenvalue weighted by Gasteiger charge is 2.47. The number of rotatable bonds is 5. The van der Waals surface area contributed by atoms with Crippen LogP contribution in [0.15, 0.2) is 200 Å². The summed E-state index contributed by atoms with van der Waals surface area (Å²) in [7, 11) is 0. The topological polar surface area (TPSA) is 3.24 Å². The molecule has 9 aromatic rings. The number of anilines is 3. The van der Waals surface area contributed by atoms with Gasteiger partial charge < -0.3 is 4.90 Å². The van der Waals surface area contributed by atoms with Gasteiger partial charge in [-0.05, 0) is 150 Å². The summed E-state index contributed by atoms with van der Waals surface area (Å²) in [6.45, 7) is 4.73. The van der Waals surface area contributed by atoms with E-state index in [-0.39, 0.29) is 10.8 Å². The third-order valence-electron chi connectivity index (χ3n) is 13.9. The van der Waals surface area contributed by atoms with E-state index >= 15 is 0 Å². The minimum Gasteiger partial charge on any atom is -0.310 e. The lowest BCUT2D eigenvalue weighted by atomic mass is 9.75. The predicted octanol–water partition coefficient (Wildman–Crippen LogP) is 15.0. The fraction of sp³-hybridized carbons (Fsp3) is 0.103. The molecule has 3 aliphatic carbocycles. The Morgan fingerprint density at radius 2 is 0.814 bits per heavy atom. The molecule has 1 heteroatoms. The summed E-state index contributed by atoms with van der Waals surface area (Å²) in [5.74, 6) is 0. The molecule has 0 fully saturated rings. The van der Waals surface area contributed by atoms with Gasteiger partial charge in [-0.25, -0.2) is 0 Å². The molecule has 0 aliphatic heterocycles. The van der Waals surface area contributed by atoms with Crippen molar-refractivity contribution >= 4 is 27.8 Å². The number of hydrogen-bond acceptors (Lipinski definition) is 1. The van der Waals surface area contributed by atoms with Gasteiger partial charge in [-0.3, -0.25) is 0 Å². The lowest BCUT2D eigenvalue weighted by Crippen LogP contribution is -2.25. The Morgan fingerprint density at radius 1 is 0.339 bits per heavy atom. The van der Waals surface area contributed by atoms with Gasteiger partial charge in [0.25, 0.3) is 0 Å². The molecule has 9 aromatic carbocycles. The van der Waals surface area contributed by atoms with E-state index in [1.54, 1.807) is 0 Å². The third kappa shape index (κ3) is 5.17. The molecule has 0 amide bonds. The van der Waals surface area contributed by atoms with Crippen LogP contribution in [0.2, 0.25) is 0 Å². The summed E-state index contributed by atoms with van der Waals surface area (Å²) in [5.41, 5.74) is 22.3. The molecule has 0 aromatic heterocycles. The van der Waals surface area contributed by atoms with Crippen LogP contribution in [0, 0.1) is 0 Å². The highest BCUT2D eigenvalue weighted by molar-refractivity contribution is 5.90. The standard InChI is InChI=1S/C58H43N/c1-57(2)53-17-9-7-15-49(53)51-32-30-48(35-55(51)57)59(46-26-21-39(22-27-46)42-20-19-38-11-3-4-12-41(38)33-42)47-28-23-40(24-29-47)43-25-31-52-50-16-8-10-18-54(50)58(56(52)34-43)36-44-13-5-6-14-45(44)37-58/h3-35H,36-37H2,1-2H3. The molecule has 1 nitrogen and oxygen atoms in total. The molecule has 0 N–H and O–H groups in total. The molecule has 0 radical (unpaired) electrons. The van der Waals surface area contributed by atoms with E-state index in [9.17, 15) is 0 Å². The van der Waals surface area contributed by atoms with Crippen LogP contribution in [0.25, 0.3) is 55.3 Å². The highest BCUT2D eigenvalue weighted by Crippen LogP contribution is 2.56. The second-order valence-electron chi connectivity index (χ2n) is 17.4. The Kier molecular flexibility index (Phi) is 7.38. The van der Waals surface area contributed by atoms with Crippen molar-refractivity contribution in [3.05, 3.63) is 234 Å². The zero-order valence-electron chi connectivity index (χ0n) is 33.4. The zero-order chi connectivity index (χ0) is 39.3. The minimum absolute atomic E-state index is 0.0254. The minimum atomic E-state index is -0.0946. The fourth-order valence-electron chi connectivity index (χ4n) is 10.9. The Labute approximate surface area is 346 Å². The predicted molar refractivity (Wildman–Crippen MR) is 247 cm³/mol. The van der Waals surface area contributed by atoms with Crippen LogP contribution in [0.1, 0.15) is 47.2 Å². The molecule has 280 valence electrons. The van der Waals surface area contributed by atoms with Gasteiger partial charge in [-0.2, -0.15) is 0 Å². The molecule has 0 heterocycles. The maximum atomic E-state index is 2.50. The molecule has 0 saturated carbocycles. The van der Waals surface area contributed by atoms with Crippen molar-refractivity contribution in [2.24, 2.45) is 0 Å². The van der Waals surface area contributed by atoms with E-state index in [2.05, 4.69) is 219 Å². The Hall–Kier alpha value is -6.96. The second kappa shape index (κ2) is 12.8. The van der Waals surface area contributed by atoms with Crippen molar-refractivity contribution in [3.63, 3.8) is 0 Å². The maximum absolute atomic E-state index is 2.50. The van der Waals surface area contributed by atoms with Crippen LogP contribution in [0.4, 0.5) is 17.1 Å². The quantitative estimate of drug-likeness (QED) is 0.169. The van der Waals surface area contributed by atoms with Crippen molar-refractivity contribution < 1.29 is 0 Å². The van der Waals surface area contributed by atoms with Gasteiger partial charge in [0.2, 0.25) is 0 Å². The van der Waals surface area contributed by atoms with Crippen LogP contribution in [0.5, 0.6) is 0 Å². The average Bonchev–Trinajstić information content (AvgIpc) is 3.89. The number of nitrogens with zero attached hydrogens (tertiary/aromatic N) is 1. The summed E-state index contributed by atoms with van der Waals surface area (Å²) >= 11 is 0. The molecular weight excluding hydrogens is 711 g/mol. The molecule has 0 atom stereocenters. The molecule has 0 saturated heterocycles. The van der Waals surface area contributed by atoms with Crippen LogP contribution in [-0.2, 0) is 23.7 Å². The van der Waals surface area contributed by atoms with Gasteiger partial charge >= 0.3 is 0 Å². The van der Waals surface area contributed by atoms with E-state index in [0.717, 1.165) is 29.9 Å². The van der Waals surface area contributed by atoms with Crippen LogP contribution >= 0.6 is 0 Å². The van der Waals surface area contributed by atoms with Crippen LogP contribution in [0.3, 0.4) is 0 Å². The summed E-state index contributed by atoms with van der Waals surface area (Å²) in [4.78, 5) is 2.43. The summed E-state index contributed by atoms with van der Waals surface area (Å²) in [6, 6.07) is 75.0. The first-order valence-electron chi connectivity index (χ1n) is 21.0. The molecule has 12 rings (SSSR count). The van der Waals surface area contributed by atoms with Crippen molar-refractivity contribution in [1.82, 2.24) is 0 Å². The first-order chi connectivity index (χ1) is 28.9. The largest absolute Gasteiger partial charge is 0.310 e. The molecule has 3 aliphatic rings. The van der Waals surface area contributed by atoms with E-state index < -0.39 is 0 Å². The molecule has 59 heavy (non-hydrogen) atoms. The normalized spacial score (nSPS) is 14.7. The monoisotopic (exact) mass is 753 g/mol. The smallest absolute Gasteiger partial charge is 0.0465 e. The van der Waals surface area contributed by atoms with Gasteiger partial charge in [0.05, 0.1) is 0 Å². The first kappa shape index (κ1) is 34.1. The van der Waals surface area contributed by atoms with Crippen molar-refractivity contribution in [3.8, 4) is 44.5 Å². The van der Waals surface area contributed by atoms with Gasteiger partial charge in [0.1, 0.15) is 0 Å². The van der Waals surface area contributed by atoms with E-state index in [4.69, 9.17) is 0 Å². The lowest BCUT2D eigenvalue weighted by Gasteiger charge is -2.28. The van der Waals surface area contributed by atoms with Gasteiger partial charge in [0, 0.05) is 27.9 Å². The van der Waals surface area contributed by atoms with E-state index in [1.165, 1.54) is 88.7 Å². The van der Waals surface area contributed by atoms with Crippen molar-refractivity contribution in [2.45, 2.75) is 37.5 Å². The molecular formula is C58H43N. The zero-order valence-corrected chi connectivity index (χ0v) is 33.4. The Balaban J connectivity index is 0.943. The fourth-order valence-corrected chi connectivity index (χ4v) is 10.9. The van der Waals surface area contributed by atoms with Crippen LogP contribution < -0.4 is 4.90 Å². The van der Waals surface area contributed by atoms with Crippen molar-refractivity contribution in [1.29, 1.82) is 0 Å². The van der Waals surface area contributed by atoms with Crippen molar-refractivity contribution in [2.75, 3.05) is 4.90 Å². The summed E-state index contributed by atoms with van der Waals surface area (Å²) in [5, 5.41) is 2.52. The second-order valence-corrected chi connectivity index (χ2v) is 17.4. The van der Waals surface area contributed by atoms with Gasteiger partial charge in [0.15, 0.2) is 0 Å². The number of hydrogen-bond donors (Lipinski definition) is 0. The SMILES string of the molecule is CC1(C)c2ccccc2-c2ccc(N(c3ccc(-c4ccc5c(c4)C4(Cc6ccccc6C4)c4ccccc4-5)cc3)c3ccc(-c4ccc5ccccc5c4)cc3)cc21. The summed E-state index contributed by atoms with van der Waals surface area (Å²) < 4.78 is 0. The Bertz CT molecular complexity index is 3100. The van der Waals surface area contributed by atoms with Gasteiger partial charge in [-0.15, -0.1) is 0 Å². The number of benzene rings is 9.